The van der Waals surface area contributed by atoms with E-state index in [2.05, 4.69) is 36.4 Å². The van der Waals surface area contributed by atoms with Gasteiger partial charge in [-0.3, -0.25) is 4.99 Å². The molecule has 0 radical (unpaired) electrons. The fourth-order valence-electron chi connectivity index (χ4n) is 3.21. The van der Waals surface area contributed by atoms with Gasteiger partial charge in [-0.25, -0.2) is 0 Å². The minimum Gasteiger partial charge on any atom is -0.370 e. The lowest BCUT2D eigenvalue weighted by molar-refractivity contribution is 0.230. The Hall–Kier alpha value is -1.25. The SMILES string of the molecule is C=CCN1C(N)=NCC1C1CC(C)=CC(C)C1. The zero-order chi connectivity index (χ0) is 12.4. The van der Waals surface area contributed by atoms with Crippen molar-refractivity contribution in [3.05, 3.63) is 24.3 Å². The molecule has 1 heterocycles. The Balaban J connectivity index is 2.08. The number of rotatable bonds is 3. The van der Waals surface area contributed by atoms with Crippen LogP contribution < -0.4 is 5.73 Å². The smallest absolute Gasteiger partial charge is 0.191 e. The molecule has 0 amide bonds. The largest absolute Gasteiger partial charge is 0.370 e. The summed E-state index contributed by atoms with van der Waals surface area (Å²) in [5.41, 5.74) is 7.46. The molecule has 1 aliphatic heterocycles. The van der Waals surface area contributed by atoms with Gasteiger partial charge in [-0.2, -0.15) is 0 Å². The number of nitrogens with zero attached hydrogens (tertiary/aromatic N) is 2. The number of allylic oxidation sites excluding steroid dienone is 2. The molecule has 17 heavy (non-hydrogen) atoms. The second kappa shape index (κ2) is 4.94. The number of aliphatic imine (C=N–C) groups is 1. The molecular formula is C14H23N3. The molecule has 3 heteroatoms. The van der Waals surface area contributed by atoms with Crippen LogP contribution in [0.25, 0.3) is 0 Å². The van der Waals surface area contributed by atoms with Gasteiger partial charge in [0.1, 0.15) is 0 Å². The predicted molar refractivity (Wildman–Crippen MR) is 72.8 cm³/mol. The van der Waals surface area contributed by atoms with E-state index in [4.69, 9.17) is 5.73 Å². The third-order valence-corrected chi connectivity index (χ3v) is 3.83. The van der Waals surface area contributed by atoms with E-state index in [1.165, 1.54) is 18.4 Å². The summed E-state index contributed by atoms with van der Waals surface area (Å²) in [6, 6.07) is 0.471. The molecule has 0 aromatic carbocycles. The second-order valence-electron chi connectivity index (χ2n) is 5.40. The van der Waals surface area contributed by atoms with Crippen molar-refractivity contribution in [1.82, 2.24) is 4.90 Å². The summed E-state index contributed by atoms with van der Waals surface area (Å²) in [6.45, 7) is 10.0. The van der Waals surface area contributed by atoms with Gasteiger partial charge < -0.3 is 10.6 Å². The van der Waals surface area contributed by atoms with E-state index in [0.29, 0.717) is 23.8 Å². The Bertz CT molecular complexity index is 356. The normalized spacial score (nSPS) is 33.3. The van der Waals surface area contributed by atoms with Gasteiger partial charge in [-0.15, -0.1) is 6.58 Å². The van der Waals surface area contributed by atoms with E-state index in [0.717, 1.165) is 13.1 Å². The number of hydrogen-bond acceptors (Lipinski definition) is 3. The standard InChI is InChI=1S/C14H23N3/c1-4-5-17-13(9-16-14(17)15)12-7-10(2)6-11(3)8-12/h4,6,10,12-13H,1,5,7-9H2,2-3H3,(H2,15,16). The maximum atomic E-state index is 5.94. The minimum absolute atomic E-state index is 0.471. The molecule has 2 aliphatic rings. The Kier molecular flexibility index (Phi) is 3.55. The zero-order valence-electron chi connectivity index (χ0n) is 10.9. The molecule has 0 saturated heterocycles. The summed E-state index contributed by atoms with van der Waals surface area (Å²) >= 11 is 0. The number of hydrogen-bond donors (Lipinski definition) is 1. The van der Waals surface area contributed by atoms with Crippen LogP contribution in [0.15, 0.2) is 29.3 Å². The highest BCUT2D eigenvalue weighted by Gasteiger charge is 2.34. The van der Waals surface area contributed by atoms with Gasteiger partial charge in [0.15, 0.2) is 5.96 Å². The van der Waals surface area contributed by atoms with Crippen molar-refractivity contribution in [2.45, 2.75) is 32.7 Å². The van der Waals surface area contributed by atoms with Crippen LogP contribution in [-0.4, -0.2) is 30.0 Å². The number of guanidine groups is 1. The molecule has 3 unspecified atom stereocenters. The summed E-state index contributed by atoms with van der Waals surface area (Å²) < 4.78 is 0. The van der Waals surface area contributed by atoms with E-state index < -0.39 is 0 Å². The highest BCUT2D eigenvalue weighted by Crippen LogP contribution is 2.33. The van der Waals surface area contributed by atoms with Crippen molar-refractivity contribution >= 4 is 5.96 Å². The Morgan fingerprint density at radius 1 is 1.65 bits per heavy atom. The quantitative estimate of drug-likeness (QED) is 0.759. The Morgan fingerprint density at radius 3 is 3.06 bits per heavy atom. The molecule has 0 saturated carbocycles. The fraction of sp³-hybridized carbons (Fsp3) is 0.643. The average molecular weight is 233 g/mol. The molecule has 1 aliphatic carbocycles. The number of nitrogens with two attached hydrogens (primary N) is 1. The van der Waals surface area contributed by atoms with Gasteiger partial charge in [-0.05, 0) is 31.6 Å². The molecular weight excluding hydrogens is 210 g/mol. The summed E-state index contributed by atoms with van der Waals surface area (Å²) in [5, 5.41) is 0. The van der Waals surface area contributed by atoms with Gasteiger partial charge in [0, 0.05) is 6.54 Å². The minimum atomic E-state index is 0.471. The van der Waals surface area contributed by atoms with Crippen LogP contribution in [0, 0.1) is 11.8 Å². The Morgan fingerprint density at radius 2 is 2.41 bits per heavy atom. The summed E-state index contributed by atoms with van der Waals surface area (Å²) in [4.78, 5) is 6.61. The topological polar surface area (TPSA) is 41.6 Å². The fourth-order valence-corrected chi connectivity index (χ4v) is 3.21. The lowest BCUT2D eigenvalue weighted by Crippen LogP contribution is -2.45. The first-order valence-corrected chi connectivity index (χ1v) is 6.46. The van der Waals surface area contributed by atoms with E-state index in [1.807, 2.05) is 6.08 Å². The van der Waals surface area contributed by atoms with Gasteiger partial charge in [0.05, 0.1) is 12.6 Å². The second-order valence-corrected chi connectivity index (χ2v) is 5.40. The van der Waals surface area contributed by atoms with Crippen LogP contribution in [0.5, 0.6) is 0 Å². The van der Waals surface area contributed by atoms with Crippen molar-refractivity contribution in [3.63, 3.8) is 0 Å². The van der Waals surface area contributed by atoms with Crippen molar-refractivity contribution in [1.29, 1.82) is 0 Å². The maximum Gasteiger partial charge on any atom is 0.191 e. The van der Waals surface area contributed by atoms with Crippen LogP contribution in [0.3, 0.4) is 0 Å². The van der Waals surface area contributed by atoms with Crippen LogP contribution in [-0.2, 0) is 0 Å². The molecule has 0 spiro atoms. The molecule has 0 aromatic heterocycles. The monoisotopic (exact) mass is 233 g/mol. The maximum absolute atomic E-state index is 5.94. The van der Waals surface area contributed by atoms with Gasteiger partial charge in [0.2, 0.25) is 0 Å². The molecule has 2 N–H and O–H groups in total. The lowest BCUT2D eigenvalue weighted by atomic mass is 9.79. The van der Waals surface area contributed by atoms with E-state index in [1.54, 1.807) is 0 Å². The lowest BCUT2D eigenvalue weighted by Gasteiger charge is -2.35. The summed E-state index contributed by atoms with van der Waals surface area (Å²) in [6.07, 6.45) is 6.74. The molecule has 3 nitrogen and oxygen atoms in total. The van der Waals surface area contributed by atoms with Crippen LogP contribution in [0.1, 0.15) is 26.7 Å². The van der Waals surface area contributed by atoms with Crippen molar-refractivity contribution < 1.29 is 0 Å². The van der Waals surface area contributed by atoms with Crippen LogP contribution in [0.4, 0.5) is 0 Å². The molecule has 0 fully saturated rings. The van der Waals surface area contributed by atoms with Crippen LogP contribution >= 0.6 is 0 Å². The zero-order valence-corrected chi connectivity index (χ0v) is 10.9. The van der Waals surface area contributed by atoms with Gasteiger partial charge in [-0.1, -0.05) is 24.6 Å². The average Bonchev–Trinajstić information content (AvgIpc) is 2.60. The third kappa shape index (κ3) is 2.54. The van der Waals surface area contributed by atoms with Crippen molar-refractivity contribution in [2.24, 2.45) is 22.6 Å². The highest BCUT2D eigenvalue weighted by molar-refractivity contribution is 5.80. The molecule has 0 aromatic rings. The Labute approximate surface area is 104 Å². The highest BCUT2D eigenvalue weighted by atomic mass is 15.3. The van der Waals surface area contributed by atoms with Crippen molar-refractivity contribution in [3.8, 4) is 0 Å². The van der Waals surface area contributed by atoms with Gasteiger partial charge >= 0.3 is 0 Å². The van der Waals surface area contributed by atoms with Gasteiger partial charge in [0.25, 0.3) is 0 Å². The van der Waals surface area contributed by atoms with Crippen molar-refractivity contribution in [2.75, 3.05) is 13.1 Å². The predicted octanol–water partition coefficient (Wildman–Crippen LogP) is 2.16. The molecule has 2 rings (SSSR count). The van der Waals surface area contributed by atoms with Crippen LogP contribution in [0.2, 0.25) is 0 Å². The summed E-state index contributed by atoms with van der Waals surface area (Å²) in [5.74, 6) is 2.05. The summed E-state index contributed by atoms with van der Waals surface area (Å²) in [7, 11) is 0. The van der Waals surface area contributed by atoms with E-state index in [-0.39, 0.29) is 0 Å². The first kappa shape index (κ1) is 12.2. The van der Waals surface area contributed by atoms with E-state index >= 15 is 0 Å². The first-order chi connectivity index (χ1) is 8.11. The first-order valence-electron chi connectivity index (χ1n) is 6.46. The molecule has 3 atom stereocenters. The third-order valence-electron chi connectivity index (χ3n) is 3.83. The van der Waals surface area contributed by atoms with E-state index in [9.17, 15) is 0 Å². The molecule has 94 valence electrons. The molecule has 0 bridgehead atoms.